The van der Waals surface area contributed by atoms with E-state index in [9.17, 15) is 13.2 Å². The Bertz CT molecular complexity index is 778. The molecule has 1 aliphatic rings. The lowest BCUT2D eigenvalue weighted by atomic mass is 10.3. The van der Waals surface area contributed by atoms with Crippen molar-refractivity contribution in [1.82, 2.24) is 5.32 Å². The van der Waals surface area contributed by atoms with Crippen molar-refractivity contribution in [3.05, 3.63) is 39.3 Å². The maximum Gasteiger partial charge on any atom is 0.208 e. The van der Waals surface area contributed by atoms with Gasteiger partial charge in [0, 0.05) is 6.26 Å². The first-order chi connectivity index (χ1) is 10.2. The van der Waals surface area contributed by atoms with Crippen LogP contribution >= 0.6 is 47.2 Å². The van der Waals surface area contributed by atoms with Crippen molar-refractivity contribution in [3.8, 4) is 0 Å². The minimum Gasteiger partial charge on any atom is -0.331 e. The van der Waals surface area contributed by atoms with Gasteiger partial charge in [-0.3, -0.25) is 4.79 Å². The molecule has 1 unspecified atom stereocenters. The summed E-state index contributed by atoms with van der Waals surface area (Å²) in [6.45, 7) is 0. The smallest absolute Gasteiger partial charge is 0.208 e. The Morgan fingerprint density at radius 2 is 2.00 bits per heavy atom. The predicted molar refractivity (Wildman–Crippen MR) is 95.1 cm³/mol. The Morgan fingerprint density at radius 3 is 2.59 bits per heavy atom. The molecule has 0 fully saturated rings. The predicted octanol–water partition coefficient (Wildman–Crippen LogP) is 2.81. The summed E-state index contributed by atoms with van der Waals surface area (Å²) in [6, 6.07) is 4.98. The molecule has 0 saturated carbocycles. The molecule has 0 aromatic heterocycles. The molecular formula is C12H10Cl2N2O3S3. The van der Waals surface area contributed by atoms with Gasteiger partial charge in [-0.05, 0) is 29.8 Å². The fraction of sp³-hybridized carbons (Fsp3) is 0.167. The highest BCUT2D eigenvalue weighted by Crippen LogP contribution is 2.31. The van der Waals surface area contributed by atoms with Crippen LogP contribution in [0.5, 0.6) is 0 Å². The Hall–Kier alpha value is -0.800. The summed E-state index contributed by atoms with van der Waals surface area (Å²) in [5.41, 5.74) is 0.598. The van der Waals surface area contributed by atoms with Gasteiger partial charge in [0.2, 0.25) is 5.78 Å². The molecule has 1 atom stereocenters. The number of benzene rings is 1. The molecule has 0 amide bonds. The van der Waals surface area contributed by atoms with Gasteiger partial charge in [0.25, 0.3) is 0 Å². The summed E-state index contributed by atoms with van der Waals surface area (Å²) in [7, 11) is -3.47. The standard InChI is InChI=1S/C12H10Cl2N2O3S3/c1-22(18,19)11-10(17)8(5-21-11)16-12(20)15-7-4-2-3-6(13)9(7)14/h2-5,11H,1H3,(H2,15,16,20). The number of allylic oxidation sites excluding steroid dienone is 1. The minimum atomic E-state index is -3.47. The van der Waals surface area contributed by atoms with Crippen LogP contribution in [0.1, 0.15) is 0 Å². The van der Waals surface area contributed by atoms with E-state index in [-0.39, 0.29) is 10.8 Å². The molecule has 1 aromatic rings. The number of hydrogen-bond acceptors (Lipinski definition) is 5. The van der Waals surface area contributed by atoms with Crippen molar-refractivity contribution in [2.45, 2.75) is 4.58 Å². The molecule has 0 radical (unpaired) electrons. The number of thioether (sulfide) groups is 1. The van der Waals surface area contributed by atoms with E-state index in [0.717, 1.165) is 18.0 Å². The van der Waals surface area contributed by atoms with E-state index in [1.807, 2.05) is 0 Å². The molecule has 0 spiro atoms. The number of nitrogens with one attached hydrogen (secondary N) is 2. The number of thiocarbonyl (C=S) groups is 1. The topological polar surface area (TPSA) is 75.3 Å². The van der Waals surface area contributed by atoms with Gasteiger partial charge >= 0.3 is 0 Å². The highest BCUT2D eigenvalue weighted by molar-refractivity contribution is 8.16. The van der Waals surface area contributed by atoms with E-state index in [4.69, 9.17) is 35.4 Å². The monoisotopic (exact) mass is 396 g/mol. The van der Waals surface area contributed by atoms with Crippen molar-refractivity contribution in [2.75, 3.05) is 11.6 Å². The average molecular weight is 397 g/mol. The Balaban J connectivity index is 2.05. The van der Waals surface area contributed by atoms with Crippen LogP contribution in [0.15, 0.2) is 29.3 Å². The zero-order chi connectivity index (χ0) is 16.5. The number of ketones is 1. The van der Waals surface area contributed by atoms with Crippen LogP contribution in [0.4, 0.5) is 5.69 Å². The normalized spacial score (nSPS) is 18.0. The Kier molecular flexibility index (Phi) is 5.39. The zero-order valence-corrected chi connectivity index (χ0v) is 15.1. The van der Waals surface area contributed by atoms with E-state index in [2.05, 4.69) is 10.6 Å². The second-order valence-electron chi connectivity index (χ2n) is 4.37. The van der Waals surface area contributed by atoms with Gasteiger partial charge < -0.3 is 10.6 Å². The van der Waals surface area contributed by atoms with Crippen LogP contribution in [-0.2, 0) is 14.6 Å². The first kappa shape index (κ1) is 17.6. The van der Waals surface area contributed by atoms with Gasteiger partial charge in [-0.2, -0.15) is 0 Å². The molecule has 0 aliphatic carbocycles. The molecule has 1 heterocycles. The average Bonchev–Trinajstić information content (AvgIpc) is 2.76. The number of sulfone groups is 1. The number of carbonyl (C=O) groups excluding carboxylic acids is 1. The van der Waals surface area contributed by atoms with E-state index in [1.165, 1.54) is 5.41 Å². The molecule has 2 N–H and O–H groups in total. The summed E-state index contributed by atoms with van der Waals surface area (Å²) in [5.74, 6) is -0.533. The first-order valence-corrected chi connectivity index (χ1v) is 9.87. The number of rotatable bonds is 3. The maximum atomic E-state index is 12.0. The molecule has 118 valence electrons. The van der Waals surface area contributed by atoms with Gasteiger partial charge in [0.15, 0.2) is 19.5 Å². The van der Waals surface area contributed by atoms with Crippen LogP contribution in [0, 0.1) is 0 Å². The Labute approximate surface area is 147 Å². The summed E-state index contributed by atoms with van der Waals surface area (Å²) in [4.78, 5) is 12.0. The van der Waals surface area contributed by atoms with Gasteiger partial charge in [-0.25, -0.2) is 8.42 Å². The maximum absolute atomic E-state index is 12.0. The molecule has 0 saturated heterocycles. The second-order valence-corrected chi connectivity index (χ2v) is 8.98. The van der Waals surface area contributed by atoms with Crippen LogP contribution < -0.4 is 10.6 Å². The highest BCUT2D eigenvalue weighted by atomic mass is 35.5. The van der Waals surface area contributed by atoms with Crippen LogP contribution in [-0.4, -0.2) is 30.2 Å². The summed E-state index contributed by atoms with van der Waals surface area (Å²) in [5, 5.41) is 7.67. The van der Waals surface area contributed by atoms with E-state index >= 15 is 0 Å². The van der Waals surface area contributed by atoms with Crippen molar-refractivity contribution in [3.63, 3.8) is 0 Å². The number of anilines is 1. The third-order valence-electron chi connectivity index (χ3n) is 2.63. The Morgan fingerprint density at radius 1 is 1.32 bits per heavy atom. The number of halogens is 2. The van der Waals surface area contributed by atoms with Crippen LogP contribution in [0.3, 0.4) is 0 Å². The lowest BCUT2D eigenvalue weighted by molar-refractivity contribution is -0.113. The lowest BCUT2D eigenvalue weighted by Crippen LogP contribution is -2.34. The van der Waals surface area contributed by atoms with Crippen molar-refractivity contribution < 1.29 is 13.2 Å². The molecule has 5 nitrogen and oxygen atoms in total. The largest absolute Gasteiger partial charge is 0.331 e. The summed E-state index contributed by atoms with van der Waals surface area (Å²) >= 11 is 17.9. The van der Waals surface area contributed by atoms with Gasteiger partial charge in [-0.1, -0.05) is 29.3 Å². The molecule has 10 heteroatoms. The molecule has 22 heavy (non-hydrogen) atoms. The number of hydrogen-bond donors (Lipinski definition) is 2. The van der Waals surface area contributed by atoms with Crippen molar-refractivity contribution in [2.24, 2.45) is 0 Å². The second kappa shape index (κ2) is 6.76. The van der Waals surface area contributed by atoms with E-state index in [0.29, 0.717) is 15.7 Å². The third-order valence-corrected chi connectivity index (χ3v) is 6.86. The SMILES string of the molecule is CS(=O)(=O)C1SC=C(NC(=S)Nc2cccc(Cl)c2Cl)C1=O. The summed E-state index contributed by atoms with van der Waals surface area (Å²) in [6.07, 6.45) is 1.02. The number of Topliss-reactive ketones (excluding diaryl/α,β-unsaturated/α-hetero) is 1. The van der Waals surface area contributed by atoms with Gasteiger partial charge in [-0.15, -0.1) is 11.8 Å². The fourth-order valence-corrected chi connectivity index (χ4v) is 4.38. The minimum absolute atomic E-state index is 0.110. The lowest BCUT2D eigenvalue weighted by Gasteiger charge is -2.12. The van der Waals surface area contributed by atoms with Crippen LogP contribution in [0.25, 0.3) is 0 Å². The first-order valence-electron chi connectivity index (χ1n) is 5.81. The zero-order valence-electron chi connectivity index (χ0n) is 11.1. The van der Waals surface area contributed by atoms with Crippen LogP contribution in [0.2, 0.25) is 10.0 Å². The van der Waals surface area contributed by atoms with E-state index in [1.54, 1.807) is 18.2 Å². The molecule has 1 aromatic carbocycles. The third kappa shape index (κ3) is 3.94. The molecular weight excluding hydrogens is 387 g/mol. The number of carbonyl (C=O) groups is 1. The fourth-order valence-electron chi connectivity index (χ4n) is 1.64. The van der Waals surface area contributed by atoms with Crippen molar-refractivity contribution in [1.29, 1.82) is 0 Å². The molecule has 0 bridgehead atoms. The van der Waals surface area contributed by atoms with E-state index < -0.39 is 20.2 Å². The van der Waals surface area contributed by atoms with Gasteiger partial charge in [0.05, 0.1) is 21.4 Å². The molecule has 2 rings (SSSR count). The van der Waals surface area contributed by atoms with Crippen molar-refractivity contribution >= 4 is 73.6 Å². The molecule has 1 aliphatic heterocycles. The summed E-state index contributed by atoms with van der Waals surface area (Å²) < 4.78 is 21.8. The highest BCUT2D eigenvalue weighted by Gasteiger charge is 2.36. The van der Waals surface area contributed by atoms with Gasteiger partial charge in [0.1, 0.15) is 0 Å². The quantitative estimate of drug-likeness (QED) is 0.760.